The van der Waals surface area contributed by atoms with Crippen LogP contribution in [0.1, 0.15) is 22.3 Å². The molecule has 1 aliphatic rings. The summed E-state index contributed by atoms with van der Waals surface area (Å²) in [5, 5.41) is 0.899. The third-order valence-electron chi connectivity index (χ3n) is 5.21. The van der Waals surface area contributed by atoms with E-state index in [0.29, 0.717) is 6.54 Å². The minimum Gasteiger partial charge on any atom is -0.380 e. The first-order valence-electron chi connectivity index (χ1n) is 8.52. The number of likely N-dealkylation sites (tertiary alicyclic amines) is 1. The first-order valence-corrected chi connectivity index (χ1v) is 8.52. The molecule has 1 aromatic heterocycles. The predicted octanol–water partition coefficient (Wildman–Crippen LogP) is 1.63. The van der Waals surface area contributed by atoms with Crippen LogP contribution in [0.15, 0.2) is 29.1 Å². The molecule has 134 valence electrons. The van der Waals surface area contributed by atoms with Crippen molar-refractivity contribution in [3.63, 3.8) is 0 Å². The van der Waals surface area contributed by atoms with E-state index >= 15 is 0 Å². The van der Waals surface area contributed by atoms with Gasteiger partial charge >= 0.3 is 0 Å². The lowest BCUT2D eigenvalue weighted by molar-refractivity contribution is 0.0758. The minimum atomic E-state index is -0.331. The van der Waals surface area contributed by atoms with Gasteiger partial charge in [0, 0.05) is 44.2 Å². The molecule has 6 heteroatoms. The van der Waals surface area contributed by atoms with Crippen molar-refractivity contribution >= 4 is 16.8 Å². The minimum absolute atomic E-state index is 0.198. The summed E-state index contributed by atoms with van der Waals surface area (Å²) in [6.45, 7) is 3.26. The first-order chi connectivity index (χ1) is 11.9. The summed E-state index contributed by atoms with van der Waals surface area (Å²) in [5.41, 5.74) is 1.38. The van der Waals surface area contributed by atoms with E-state index in [1.807, 2.05) is 38.2 Å². The van der Waals surface area contributed by atoms with Crippen molar-refractivity contribution in [3.05, 3.63) is 45.7 Å². The number of benzene rings is 1. The van der Waals surface area contributed by atoms with E-state index in [4.69, 9.17) is 4.74 Å². The number of aromatic nitrogens is 1. The Morgan fingerprint density at radius 2 is 2.12 bits per heavy atom. The van der Waals surface area contributed by atoms with Gasteiger partial charge in [0.2, 0.25) is 0 Å². The molecule has 6 nitrogen and oxygen atoms in total. The average molecular weight is 343 g/mol. The largest absolute Gasteiger partial charge is 0.380 e. The van der Waals surface area contributed by atoms with E-state index in [-0.39, 0.29) is 29.2 Å². The van der Waals surface area contributed by atoms with Gasteiger partial charge < -0.3 is 14.6 Å². The molecule has 2 atom stereocenters. The molecule has 1 fully saturated rings. The van der Waals surface area contributed by atoms with Gasteiger partial charge in [0.15, 0.2) is 0 Å². The Bertz CT molecular complexity index is 845. The third-order valence-corrected chi connectivity index (χ3v) is 5.21. The van der Waals surface area contributed by atoms with Gasteiger partial charge in [-0.1, -0.05) is 18.2 Å². The van der Waals surface area contributed by atoms with Gasteiger partial charge in [-0.2, -0.15) is 0 Å². The van der Waals surface area contributed by atoms with Crippen molar-refractivity contribution < 1.29 is 9.53 Å². The van der Waals surface area contributed by atoms with Crippen molar-refractivity contribution in [1.82, 2.24) is 14.8 Å². The third kappa shape index (κ3) is 3.32. The quantitative estimate of drug-likeness (QED) is 0.916. The van der Waals surface area contributed by atoms with Crippen LogP contribution in [-0.2, 0) is 4.74 Å². The number of ether oxygens (including phenoxy) is 1. The molecule has 0 radical (unpaired) electrons. The topological polar surface area (TPSA) is 65.6 Å². The second-order valence-corrected chi connectivity index (χ2v) is 6.87. The first kappa shape index (κ1) is 17.6. The number of nitrogens with zero attached hydrogens (tertiary/aromatic N) is 2. The number of para-hydroxylation sites is 1. The SMILES string of the molecule is CO[C@H]1C[C@@H](CN(C)C(=O)c2c(C)c3ccccc3[nH]c2=O)N(C)C1. The fourth-order valence-electron chi connectivity index (χ4n) is 3.67. The number of hydrogen-bond donors (Lipinski definition) is 1. The predicted molar refractivity (Wildman–Crippen MR) is 98.1 cm³/mol. The fourth-order valence-corrected chi connectivity index (χ4v) is 3.67. The molecule has 25 heavy (non-hydrogen) atoms. The van der Waals surface area contributed by atoms with E-state index in [9.17, 15) is 9.59 Å². The van der Waals surface area contributed by atoms with Crippen molar-refractivity contribution in [3.8, 4) is 0 Å². The number of nitrogens with one attached hydrogen (secondary N) is 1. The van der Waals surface area contributed by atoms with Crippen LogP contribution in [0.3, 0.4) is 0 Å². The number of aromatic amines is 1. The highest BCUT2D eigenvalue weighted by Crippen LogP contribution is 2.21. The number of fused-ring (bicyclic) bond motifs is 1. The van der Waals surface area contributed by atoms with Crippen molar-refractivity contribution in [2.75, 3.05) is 34.3 Å². The van der Waals surface area contributed by atoms with Crippen LogP contribution in [0.5, 0.6) is 0 Å². The van der Waals surface area contributed by atoms with Crippen LogP contribution < -0.4 is 5.56 Å². The van der Waals surface area contributed by atoms with Crippen LogP contribution >= 0.6 is 0 Å². The second-order valence-electron chi connectivity index (χ2n) is 6.87. The molecule has 1 amide bonds. The van der Waals surface area contributed by atoms with Gasteiger partial charge in [0.25, 0.3) is 11.5 Å². The summed E-state index contributed by atoms with van der Waals surface area (Å²) >= 11 is 0. The molecule has 1 aliphatic heterocycles. The molecular formula is C19H25N3O3. The van der Waals surface area contributed by atoms with Gasteiger partial charge in [0.1, 0.15) is 5.56 Å². The van der Waals surface area contributed by atoms with Crippen LogP contribution in [0, 0.1) is 6.92 Å². The molecule has 1 saturated heterocycles. The number of carbonyl (C=O) groups excluding carboxylic acids is 1. The maximum absolute atomic E-state index is 12.9. The standard InChI is InChI=1S/C19H25N3O3/c1-12-15-7-5-6-8-16(15)20-18(23)17(12)19(24)22(3)10-13-9-14(25-4)11-21(13)2/h5-8,13-14H,9-11H2,1-4H3,(H,20,23)/t13-,14-/m0/s1. The normalized spacial score (nSPS) is 21.0. The summed E-state index contributed by atoms with van der Waals surface area (Å²) < 4.78 is 5.42. The molecule has 3 rings (SSSR count). The van der Waals surface area contributed by atoms with Crippen molar-refractivity contribution in [2.45, 2.75) is 25.5 Å². The Morgan fingerprint density at radius 3 is 2.80 bits per heavy atom. The van der Waals surface area contributed by atoms with Gasteiger partial charge in [-0.15, -0.1) is 0 Å². The maximum atomic E-state index is 12.9. The van der Waals surface area contributed by atoms with E-state index in [1.165, 1.54) is 0 Å². The number of pyridine rings is 1. The summed E-state index contributed by atoms with van der Waals surface area (Å²) in [7, 11) is 5.51. The van der Waals surface area contributed by atoms with E-state index in [2.05, 4.69) is 9.88 Å². The number of rotatable bonds is 4. The number of amides is 1. The Hall–Kier alpha value is -2.18. The highest BCUT2D eigenvalue weighted by atomic mass is 16.5. The molecule has 0 unspecified atom stereocenters. The molecule has 0 spiro atoms. The van der Waals surface area contributed by atoms with Crippen LogP contribution in [0.25, 0.3) is 10.9 Å². The molecule has 1 N–H and O–H groups in total. The van der Waals surface area contributed by atoms with Crippen molar-refractivity contribution in [2.24, 2.45) is 0 Å². The van der Waals surface area contributed by atoms with Gasteiger partial charge in [-0.3, -0.25) is 14.5 Å². The van der Waals surface area contributed by atoms with Gasteiger partial charge in [-0.25, -0.2) is 0 Å². The van der Waals surface area contributed by atoms with E-state index in [0.717, 1.165) is 29.4 Å². The summed E-state index contributed by atoms with van der Waals surface area (Å²) in [6, 6.07) is 7.78. The number of aryl methyl sites for hydroxylation is 1. The summed E-state index contributed by atoms with van der Waals surface area (Å²) in [4.78, 5) is 32.1. The highest BCUT2D eigenvalue weighted by Gasteiger charge is 2.31. The molecule has 0 saturated carbocycles. The Balaban J connectivity index is 1.85. The lowest BCUT2D eigenvalue weighted by Gasteiger charge is -2.26. The zero-order valence-electron chi connectivity index (χ0n) is 15.2. The average Bonchev–Trinajstić information content (AvgIpc) is 2.94. The van der Waals surface area contributed by atoms with E-state index < -0.39 is 0 Å². The van der Waals surface area contributed by atoms with Gasteiger partial charge in [-0.05, 0) is 32.0 Å². The number of carbonyl (C=O) groups is 1. The van der Waals surface area contributed by atoms with Gasteiger partial charge in [0.05, 0.1) is 6.10 Å². The fraction of sp³-hybridized carbons (Fsp3) is 0.474. The monoisotopic (exact) mass is 343 g/mol. The molecule has 2 heterocycles. The summed E-state index contributed by atoms with van der Waals surface area (Å²) in [5.74, 6) is -0.237. The van der Waals surface area contributed by atoms with E-state index in [1.54, 1.807) is 19.1 Å². The van der Waals surface area contributed by atoms with Crippen molar-refractivity contribution in [1.29, 1.82) is 0 Å². The Morgan fingerprint density at radius 1 is 1.40 bits per heavy atom. The highest BCUT2D eigenvalue weighted by molar-refractivity contribution is 5.99. The van der Waals surface area contributed by atoms with Crippen LogP contribution in [0.4, 0.5) is 0 Å². The van der Waals surface area contributed by atoms with Crippen LogP contribution in [-0.4, -0.2) is 67.1 Å². The number of hydrogen-bond acceptors (Lipinski definition) is 4. The molecule has 0 bridgehead atoms. The zero-order valence-corrected chi connectivity index (χ0v) is 15.2. The zero-order chi connectivity index (χ0) is 18.1. The second kappa shape index (κ2) is 6.98. The lowest BCUT2D eigenvalue weighted by atomic mass is 10.0. The molecule has 2 aromatic rings. The number of likely N-dealkylation sites (N-methyl/N-ethyl adjacent to an activating group) is 2. The maximum Gasteiger partial charge on any atom is 0.261 e. The molecule has 1 aromatic carbocycles. The van der Waals surface area contributed by atoms with Crippen LogP contribution in [0.2, 0.25) is 0 Å². The summed E-state index contributed by atoms with van der Waals surface area (Å²) in [6.07, 6.45) is 1.09. The lowest BCUT2D eigenvalue weighted by Crippen LogP contribution is -2.41. The Labute approximate surface area is 147 Å². The smallest absolute Gasteiger partial charge is 0.261 e. The Kier molecular flexibility index (Phi) is 4.92. The number of H-pyrrole nitrogens is 1. The molecular weight excluding hydrogens is 318 g/mol. The molecule has 0 aliphatic carbocycles. The number of methoxy groups -OCH3 is 1.